The summed E-state index contributed by atoms with van der Waals surface area (Å²) in [6, 6.07) is 12.7. The van der Waals surface area contributed by atoms with Crippen molar-refractivity contribution < 1.29 is 23.9 Å². The van der Waals surface area contributed by atoms with Crippen LogP contribution in [0.2, 0.25) is 0 Å². The van der Waals surface area contributed by atoms with Gasteiger partial charge in [-0.15, -0.1) is 0 Å². The Morgan fingerprint density at radius 2 is 1.53 bits per heavy atom. The van der Waals surface area contributed by atoms with E-state index >= 15 is 0 Å². The maximum absolute atomic E-state index is 13.7. The van der Waals surface area contributed by atoms with Gasteiger partial charge in [-0.1, -0.05) is 63.1 Å². The Hall–Kier alpha value is -3.72. The van der Waals surface area contributed by atoms with Crippen LogP contribution in [0.3, 0.4) is 0 Å². The van der Waals surface area contributed by atoms with Crippen molar-refractivity contribution in [3.05, 3.63) is 53.6 Å². The van der Waals surface area contributed by atoms with Crippen molar-refractivity contribution in [3.63, 3.8) is 0 Å². The summed E-state index contributed by atoms with van der Waals surface area (Å²) < 4.78 is 12.3. The third-order valence-corrected chi connectivity index (χ3v) is 10.1. The molecule has 0 spiro atoms. The Labute approximate surface area is 254 Å². The molecule has 1 aliphatic heterocycles. The second-order valence-corrected chi connectivity index (χ2v) is 13.1. The summed E-state index contributed by atoms with van der Waals surface area (Å²) in [5, 5.41) is 0. The number of rotatable bonds is 6. The predicted octanol–water partition coefficient (Wildman–Crippen LogP) is 7.83. The lowest BCUT2D eigenvalue weighted by Crippen LogP contribution is -2.41. The minimum atomic E-state index is -0.966. The van der Waals surface area contributed by atoms with Gasteiger partial charge in [0.1, 0.15) is 17.2 Å². The minimum absolute atomic E-state index is 0.0672. The number of benzene rings is 2. The van der Waals surface area contributed by atoms with Crippen LogP contribution in [0.4, 0.5) is 5.69 Å². The normalized spacial score (nSPS) is 27.3. The van der Waals surface area contributed by atoms with Crippen molar-refractivity contribution in [1.29, 1.82) is 0 Å². The Kier molecular flexibility index (Phi) is 8.79. The van der Waals surface area contributed by atoms with E-state index < -0.39 is 11.4 Å². The van der Waals surface area contributed by atoms with Crippen molar-refractivity contribution in [1.82, 2.24) is 0 Å². The number of aliphatic imine (C=N–C) groups is 1. The van der Waals surface area contributed by atoms with Gasteiger partial charge in [0, 0.05) is 5.56 Å². The number of hydrogen-bond donors (Lipinski definition) is 0. The van der Waals surface area contributed by atoms with E-state index in [1.165, 1.54) is 32.1 Å². The van der Waals surface area contributed by atoms with Gasteiger partial charge in [-0.25, -0.2) is 4.99 Å². The van der Waals surface area contributed by atoms with Crippen LogP contribution in [0.25, 0.3) is 0 Å². The van der Waals surface area contributed by atoms with Crippen LogP contribution >= 0.6 is 0 Å². The van der Waals surface area contributed by atoms with Gasteiger partial charge < -0.3 is 9.47 Å². The molecule has 3 saturated carbocycles. The Bertz CT molecular complexity index is 1440. The average molecular weight is 580 g/mol. The molecule has 0 N–H and O–H groups in total. The number of fused-ring (bicyclic) bond motifs is 1. The molecule has 6 nitrogen and oxygen atoms in total. The van der Waals surface area contributed by atoms with Gasteiger partial charge in [-0.05, 0) is 99.3 Å². The highest BCUT2D eigenvalue weighted by Crippen LogP contribution is 2.46. The van der Waals surface area contributed by atoms with Gasteiger partial charge in [0.15, 0.2) is 17.6 Å². The van der Waals surface area contributed by atoms with Crippen molar-refractivity contribution in [3.8, 4) is 23.3 Å². The molecule has 1 heterocycles. The molecule has 224 valence electrons. The van der Waals surface area contributed by atoms with Crippen molar-refractivity contribution >= 4 is 29.4 Å². The summed E-state index contributed by atoms with van der Waals surface area (Å²) in [4.78, 5) is 44.0. The first-order valence-electron chi connectivity index (χ1n) is 16.2. The smallest absolute Gasteiger partial charge is 0.314 e. The van der Waals surface area contributed by atoms with E-state index in [0.29, 0.717) is 30.4 Å². The van der Waals surface area contributed by atoms with Crippen LogP contribution in [0.1, 0.15) is 106 Å². The standard InChI is InChI=1S/C37H41NO5/c1-25-20-22-37(24-39,23-21-25)43-32-19-18-31(33-34(32)38-30(35(33)40)17-12-26-8-4-2-5-9-26)42-36(41)29-15-13-28(14-16-29)27-10-6-3-7-11-27/h2,4-5,8-9,18-19,24-25,27-29H,3,6-7,10-11,13-16,20-23H2,1H3. The maximum Gasteiger partial charge on any atom is 0.314 e. The summed E-state index contributed by atoms with van der Waals surface area (Å²) in [6.07, 6.45) is 14.3. The van der Waals surface area contributed by atoms with Crippen LogP contribution in [0.5, 0.6) is 11.5 Å². The molecule has 0 amide bonds. The van der Waals surface area contributed by atoms with Gasteiger partial charge >= 0.3 is 5.97 Å². The van der Waals surface area contributed by atoms with Gasteiger partial charge in [0.2, 0.25) is 5.78 Å². The summed E-state index contributed by atoms with van der Waals surface area (Å²) in [5.41, 5.74) is 0.333. The Morgan fingerprint density at radius 1 is 0.860 bits per heavy atom. The number of esters is 1. The first-order valence-corrected chi connectivity index (χ1v) is 16.2. The number of aldehydes is 1. The molecule has 2 aromatic carbocycles. The highest BCUT2D eigenvalue weighted by Gasteiger charge is 2.40. The zero-order valence-corrected chi connectivity index (χ0v) is 25.1. The SMILES string of the molecule is CC1CCC(C=O)(Oc2ccc(OC(=O)C3CCC(C4CCCCC4)CC3)c3c2N=C(C#Cc2ccccc2)C3=O)CC1. The first-order chi connectivity index (χ1) is 20.9. The fraction of sp³-hybridized carbons (Fsp3) is 0.514. The molecule has 0 bridgehead atoms. The zero-order valence-electron chi connectivity index (χ0n) is 25.1. The largest absolute Gasteiger partial charge is 0.478 e. The number of carbonyl (C=O) groups excluding carboxylic acids is 3. The quantitative estimate of drug-likeness (QED) is 0.151. The van der Waals surface area contributed by atoms with Gasteiger partial charge in [0.25, 0.3) is 0 Å². The van der Waals surface area contributed by atoms with E-state index in [0.717, 1.165) is 56.3 Å². The molecular formula is C37H41NO5. The van der Waals surface area contributed by atoms with Crippen molar-refractivity contribution in [2.24, 2.45) is 28.7 Å². The highest BCUT2D eigenvalue weighted by molar-refractivity contribution is 6.56. The molecule has 3 aliphatic carbocycles. The molecule has 4 aliphatic rings. The molecule has 0 saturated heterocycles. The van der Waals surface area contributed by atoms with E-state index in [1.807, 2.05) is 30.3 Å². The second-order valence-electron chi connectivity index (χ2n) is 13.1. The van der Waals surface area contributed by atoms with E-state index in [9.17, 15) is 14.4 Å². The monoisotopic (exact) mass is 579 g/mol. The lowest BCUT2D eigenvalue weighted by Gasteiger charge is -2.35. The van der Waals surface area contributed by atoms with Gasteiger partial charge in [0.05, 0.1) is 11.5 Å². The Morgan fingerprint density at radius 3 is 2.23 bits per heavy atom. The first kappa shape index (κ1) is 29.4. The number of nitrogens with zero attached hydrogens (tertiary/aromatic N) is 1. The molecule has 0 unspecified atom stereocenters. The predicted molar refractivity (Wildman–Crippen MR) is 166 cm³/mol. The van der Waals surface area contributed by atoms with E-state index in [2.05, 4.69) is 23.8 Å². The summed E-state index contributed by atoms with van der Waals surface area (Å²) >= 11 is 0. The topological polar surface area (TPSA) is 82.0 Å². The molecule has 6 heteroatoms. The Balaban J connectivity index is 1.24. The molecule has 2 aromatic rings. The van der Waals surface area contributed by atoms with Gasteiger partial charge in [-0.3, -0.25) is 14.4 Å². The molecule has 0 radical (unpaired) electrons. The number of ether oxygens (including phenoxy) is 2. The summed E-state index contributed by atoms with van der Waals surface area (Å²) in [6.45, 7) is 2.18. The van der Waals surface area contributed by atoms with Crippen molar-refractivity contribution in [2.75, 3.05) is 0 Å². The van der Waals surface area contributed by atoms with E-state index in [4.69, 9.17) is 9.47 Å². The van der Waals surface area contributed by atoms with Crippen LogP contribution in [-0.4, -0.2) is 29.4 Å². The maximum atomic E-state index is 13.7. The van der Waals surface area contributed by atoms with Crippen LogP contribution in [-0.2, 0) is 9.59 Å². The number of hydrogen-bond acceptors (Lipinski definition) is 6. The van der Waals surface area contributed by atoms with Crippen molar-refractivity contribution in [2.45, 2.75) is 96.0 Å². The van der Waals surface area contributed by atoms with Gasteiger partial charge in [-0.2, -0.15) is 0 Å². The molecule has 6 rings (SSSR count). The summed E-state index contributed by atoms with van der Waals surface area (Å²) in [5.74, 6) is 7.63. The van der Waals surface area contributed by atoms with E-state index in [1.54, 1.807) is 12.1 Å². The number of carbonyl (C=O) groups is 3. The van der Waals surface area contributed by atoms with Crippen LogP contribution in [0, 0.1) is 35.5 Å². The lowest BCUT2D eigenvalue weighted by molar-refractivity contribution is -0.140. The fourth-order valence-corrected chi connectivity index (χ4v) is 7.41. The number of ketones is 1. The molecular weight excluding hydrogens is 538 g/mol. The highest BCUT2D eigenvalue weighted by atomic mass is 16.5. The fourth-order valence-electron chi connectivity index (χ4n) is 7.41. The average Bonchev–Trinajstić information content (AvgIpc) is 3.40. The third kappa shape index (κ3) is 6.47. The molecule has 43 heavy (non-hydrogen) atoms. The number of Topliss-reactive ketones (excluding diaryl/α,β-unsaturated/α-hetero) is 1. The zero-order chi connectivity index (χ0) is 29.8. The second kappa shape index (κ2) is 12.9. The van der Waals surface area contributed by atoms with E-state index in [-0.39, 0.29) is 34.6 Å². The summed E-state index contributed by atoms with van der Waals surface area (Å²) in [7, 11) is 0. The van der Waals surface area contributed by atoms with Crippen LogP contribution in [0.15, 0.2) is 47.5 Å². The lowest BCUT2D eigenvalue weighted by atomic mass is 9.71. The minimum Gasteiger partial charge on any atom is -0.478 e. The third-order valence-electron chi connectivity index (χ3n) is 10.1. The molecule has 3 fully saturated rings. The molecule has 0 aromatic heterocycles. The van der Waals surface area contributed by atoms with Crippen LogP contribution < -0.4 is 9.47 Å². The molecule has 0 atom stereocenters.